The van der Waals surface area contributed by atoms with Crippen molar-refractivity contribution in [3.8, 4) is 11.5 Å². The van der Waals surface area contributed by atoms with E-state index in [4.69, 9.17) is 21.1 Å². The SMILES string of the molecule is COc1ccc(OC)c(/C(O)=C2\C(=O)C(=O)N(c3ccc(F)c(Cl)c3)C2c2cccnc2)c1. The first-order valence-corrected chi connectivity index (χ1v) is 10.1. The number of carbonyl (C=O) groups is 2. The molecule has 0 radical (unpaired) electrons. The lowest BCUT2D eigenvalue weighted by atomic mass is 9.95. The molecule has 2 heterocycles. The molecule has 168 valence electrons. The first kappa shape index (κ1) is 22.3. The van der Waals surface area contributed by atoms with Gasteiger partial charge in [-0.15, -0.1) is 0 Å². The number of ketones is 1. The topological polar surface area (TPSA) is 89.0 Å². The highest BCUT2D eigenvalue weighted by Gasteiger charge is 2.47. The van der Waals surface area contributed by atoms with Crippen LogP contribution in [0.15, 0.2) is 66.5 Å². The summed E-state index contributed by atoms with van der Waals surface area (Å²) < 4.78 is 24.3. The number of methoxy groups -OCH3 is 2. The largest absolute Gasteiger partial charge is 0.507 e. The van der Waals surface area contributed by atoms with Gasteiger partial charge in [-0.3, -0.25) is 19.5 Å². The van der Waals surface area contributed by atoms with Gasteiger partial charge in [-0.25, -0.2) is 4.39 Å². The molecule has 4 rings (SSSR count). The minimum absolute atomic E-state index is 0.167. The van der Waals surface area contributed by atoms with Crippen molar-refractivity contribution < 1.29 is 28.6 Å². The predicted molar refractivity (Wildman–Crippen MR) is 120 cm³/mol. The van der Waals surface area contributed by atoms with Crippen LogP contribution in [-0.4, -0.2) is 36.0 Å². The van der Waals surface area contributed by atoms with Crippen molar-refractivity contribution in [2.24, 2.45) is 0 Å². The van der Waals surface area contributed by atoms with Gasteiger partial charge in [0.1, 0.15) is 23.1 Å². The number of hydrogen-bond donors (Lipinski definition) is 1. The molecule has 1 aliphatic heterocycles. The molecule has 1 atom stereocenters. The number of anilines is 1. The van der Waals surface area contributed by atoms with Crippen LogP contribution in [0.1, 0.15) is 17.2 Å². The van der Waals surface area contributed by atoms with E-state index in [2.05, 4.69) is 4.98 Å². The fourth-order valence-electron chi connectivity index (χ4n) is 3.73. The highest BCUT2D eigenvalue weighted by Crippen LogP contribution is 2.44. The minimum Gasteiger partial charge on any atom is -0.507 e. The molecule has 33 heavy (non-hydrogen) atoms. The van der Waals surface area contributed by atoms with Crippen molar-refractivity contribution in [3.63, 3.8) is 0 Å². The van der Waals surface area contributed by atoms with Crippen molar-refractivity contribution in [2.75, 3.05) is 19.1 Å². The number of rotatable bonds is 5. The van der Waals surface area contributed by atoms with Crippen molar-refractivity contribution in [2.45, 2.75) is 6.04 Å². The Labute approximate surface area is 193 Å². The number of nitrogens with zero attached hydrogens (tertiary/aromatic N) is 2. The summed E-state index contributed by atoms with van der Waals surface area (Å²) in [5, 5.41) is 11.1. The van der Waals surface area contributed by atoms with Gasteiger partial charge in [0.05, 0.1) is 36.4 Å². The van der Waals surface area contributed by atoms with Crippen LogP contribution in [-0.2, 0) is 9.59 Å². The minimum atomic E-state index is -1.05. The van der Waals surface area contributed by atoms with Gasteiger partial charge in [0.2, 0.25) is 0 Å². The average Bonchev–Trinajstić information content (AvgIpc) is 3.11. The number of Topliss-reactive ketones (excluding diaryl/α,β-unsaturated/α-hetero) is 1. The Balaban J connectivity index is 1.98. The summed E-state index contributed by atoms with van der Waals surface area (Å²) in [7, 11) is 2.87. The summed E-state index contributed by atoms with van der Waals surface area (Å²) in [6.07, 6.45) is 3.01. The fourth-order valence-corrected chi connectivity index (χ4v) is 3.91. The van der Waals surface area contributed by atoms with E-state index < -0.39 is 29.3 Å². The molecule has 7 nitrogen and oxygen atoms in total. The second-order valence-corrected chi connectivity index (χ2v) is 7.53. The fraction of sp³-hybridized carbons (Fsp3) is 0.125. The molecule has 2 aromatic carbocycles. The highest BCUT2D eigenvalue weighted by atomic mass is 35.5. The second-order valence-electron chi connectivity index (χ2n) is 7.12. The number of hydrogen-bond acceptors (Lipinski definition) is 6. The molecule has 1 saturated heterocycles. The Morgan fingerprint density at radius 3 is 2.55 bits per heavy atom. The molecule has 0 bridgehead atoms. The van der Waals surface area contributed by atoms with Gasteiger partial charge in [-0.1, -0.05) is 17.7 Å². The third kappa shape index (κ3) is 3.89. The highest BCUT2D eigenvalue weighted by molar-refractivity contribution is 6.51. The lowest BCUT2D eigenvalue weighted by Crippen LogP contribution is -2.29. The normalized spacial score (nSPS) is 17.3. The van der Waals surface area contributed by atoms with Gasteiger partial charge >= 0.3 is 0 Å². The van der Waals surface area contributed by atoms with Crippen LogP contribution in [0.25, 0.3) is 5.76 Å². The smallest absolute Gasteiger partial charge is 0.300 e. The van der Waals surface area contributed by atoms with Crippen LogP contribution in [0.3, 0.4) is 0 Å². The summed E-state index contributed by atoms with van der Waals surface area (Å²) in [6, 6.07) is 10.6. The summed E-state index contributed by atoms with van der Waals surface area (Å²) in [5.41, 5.74) is 0.635. The van der Waals surface area contributed by atoms with Gasteiger partial charge in [0, 0.05) is 18.1 Å². The zero-order valence-electron chi connectivity index (χ0n) is 17.6. The third-order valence-electron chi connectivity index (χ3n) is 5.29. The second kappa shape index (κ2) is 8.91. The summed E-state index contributed by atoms with van der Waals surface area (Å²) in [4.78, 5) is 31.6. The van der Waals surface area contributed by atoms with E-state index >= 15 is 0 Å². The molecular weight excluding hydrogens is 451 g/mol. The number of carbonyl (C=O) groups excluding carboxylic acids is 2. The van der Waals surface area contributed by atoms with Crippen LogP contribution in [0.5, 0.6) is 11.5 Å². The third-order valence-corrected chi connectivity index (χ3v) is 5.58. The molecule has 1 aromatic heterocycles. The maximum absolute atomic E-state index is 13.8. The Bertz CT molecular complexity index is 1280. The standard InChI is InChI=1S/C24H18ClFN2O5/c1-32-15-6-8-19(33-2)16(11-15)22(29)20-21(13-4-3-9-27-12-13)28(24(31)23(20)30)14-5-7-18(26)17(25)10-14/h3-12,21,29H,1-2H3/b22-20+. The maximum atomic E-state index is 13.8. The van der Waals surface area contributed by atoms with Crippen molar-refractivity contribution in [1.29, 1.82) is 0 Å². The molecule has 0 aliphatic carbocycles. The van der Waals surface area contributed by atoms with Crippen LogP contribution < -0.4 is 14.4 Å². The molecule has 1 aliphatic rings. The monoisotopic (exact) mass is 468 g/mol. The lowest BCUT2D eigenvalue weighted by molar-refractivity contribution is -0.132. The lowest BCUT2D eigenvalue weighted by Gasteiger charge is -2.25. The van der Waals surface area contributed by atoms with Crippen molar-refractivity contribution in [1.82, 2.24) is 4.98 Å². The van der Waals surface area contributed by atoms with Gasteiger partial charge in [-0.2, -0.15) is 0 Å². The van der Waals surface area contributed by atoms with Crippen LogP contribution in [0.2, 0.25) is 5.02 Å². The van der Waals surface area contributed by atoms with E-state index in [0.29, 0.717) is 11.3 Å². The summed E-state index contributed by atoms with van der Waals surface area (Å²) >= 11 is 5.94. The number of amides is 1. The number of pyridine rings is 1. The quantitative estimate of drug-likeness (QED) is 0.336. The first-order valence-electron chi connectivity index (χ1n) is 9.75. The number of halogens is 2. The maximum Gasteiger partial charge on any atom is 0.300 e. The summed E-state index contributed by atoms with van der Waals surface area (Å²) in [5.74, 6) is -2.27. The molecule has 0 saturated carbocycles. The first-order chi connectivity index (χ1) is 15.9. The molecule has 1 N–H and O–H groups in total. The zero-order valence-corrected chi connectivity index (χ0v) is 18.3. The molecular formula is C24H18ClFN2O5. The number of aliphatic hydroxyl groups is 1. The molecule has 1 amide bonds. The Hall–Kier alpha value is -3.91. The van der Waals surface area contributed by atoms with E-state index in [0.717, 1.165) is 11.0 Å². The Kier molecular flexibility index (Phi) is 6.02. The van der Waals surface area contributed by atoms with Gasteiger partial charge in [0.25, 0.3) is 11.7 Å². The Morgan fingerprint density at radius 1 is 1.12 bits per heavy atom. The molecule has 9 heteroatoms. The van der Waals surface area contributed by atoms with Crippen molar-refractivity contribution >= 4 is 34.7 Å². The van der Waals surface area contributed by atoms with Crippen molar-refractivity contribution in [3.05, 3.63) is 88.5 Å². The summed E-state index contributed by atoms with van der Waals surface area (Å²) in [6.45, 7) is 0. The van der Waals surface area contributed by atoms with Crippen LogP contribution in [0.4, 0.5) is 10.1 Å². The van der Waals surface area contributed by atoms with Gasteiger partial charge in [0.15, 0.2) is 0 Å². The molecule has 0 spiro atoms. The molecule has 3 aromatic rings. The average molecular weight is 469 g/mol. The molecule has 1 unspecified atom stereocenters. The van der Waals surface area contributed by atoms with E-state index in [1.54, 1.807) is 24.3 Å². The van der Waals surface area contributed by atoms with E-state index in [-0.39, 0.29) is 27.6 Å². The van der Waals surface area contributed by atoms with E-state index in [9.17, 15) is 19.1 Å². The van der Waals surface area contributed by atoms with Crippen LogP contribution in [0, 0.1) is 5.82 Å². The number of ether oxygens (including phenoxy) is 2. The Morgan fingerprint density at radius 2 is 1.91 bits per heavy atom. The van der Waals surface area contributed by atoms with E-state index in [1.165, 1.54) is 44.8 Å². The number of benzene rings is 2. The van der Waals surface area contributed by atoms with E-state index in [1.807, 2.05) is 0 Å². The predicted octanol–water partition coefficient (Wildman–Crippen LogP) is 4.52. The zero-order chi connectivity index (χ0) is 23.7. The number of aromatic nitrogens is 1. The van der Waals surface area contributed by atoms with Crippen LogP contribution >= 0.6 is 11.6 Å². The number of aliphatic hydroxyl groups excluding tert-OH is 1. The molecule has 1 fully saturated rings. The van der Waals surface area contributed by atoms with Gasteiger partial charge < -0.3 is 14.6 Å². The van der Waals surface area contributed by atoms with Gasteiger partial charge in [-0.05, 0) is 48.0 Å².